The fraction of sp³-hybridized carbons (Fsp3) is 0.571. The molecule has 0 unspecified atom stereocenters. The van der Waals surface area contributed by atoms with E-state index < -0.39 is 0 Å². The molecule has 0 aromatic heterocycles. The van der Waals surface area contributed by atoms with Crippen LogP contribution >= 0.6 is 0 Å². The van der Waals surface area contributed by atoms with Gasteiger partial charge in [0, 0.05) is 12.6 Å². The number of aryl methyl sites for hydroxylation is 1. The smallest absolute Gasteiger partial charge is 0.251 e. The van der Waals surface area contributed by atoms with Crippen molar-refractivity contribution >= 4 is 11.5 Å². The van der Waals surface area contributed by atoms with Crippen LogP contribution in [0.1, 0.15) is 75.5 Å². The highest BCUT2D eigenvalue weighted by atomic mass is 16.1. The van der Waals surface area contributed by atoms with E-state index in [9.17, 15) is 4.79 Å². The van der Waals surface area contributed by atoms with Crippen molar-refractivity contribution in [3.63, 3.8) is 0 Å². The first-order valence-corrected chi connectivity index (χ1v) is 9.16. The summed E-state index contributed by atoms with van der Waals surface area (Å²) in [5.74, 6) is 0.0292. The number of hydrogen-bond acceptors (Lipinski definition) is 1. The second kappa shape index (κ2) is 11.0. The quantitative estimate of drug-likeness (QED) is 0.452. The molecule has 1 aromatic rings. The lowest BCUT2D eigenvalue weighted by atomic mass is 9.91. The molecular formula is C21H33NO. The molecule has 2 heteroatoms. The number of hydrogen-bond donors (Lipinski definition) is 1. The summed E-state index contributed by atoms with van der Waals surface area (Å²) in [6.07, 6.45) is 11.4. The summed E-state index contributed by atoms with van der Waals surface area (Å²) in [7, 11) is 1.71. The third-order valence-corrected chi connectivity index (χ3v) is 4.36. The highest BCUT2D eigenvalue weighted by Gasteiger charge is 2.15. The lowest BCUT2D eigenvalue weighted by Crippen LogP contribution is -2.20. The Morgan fingerprint density at radius 3 is 2.48 bits per heavy atom. The van der Waals surface area contributed by atoms with Gasteiger partial charge in [-0.1, -0.05) is 70.2 Å². The predicted molar refractivity (Wildman–Crippen MR) is 101 cm³/mol. The molecule has 0 fully saturated rings. The van der Waals surface area contributed by atoms with Crippen LogP contribution < -0.4 is 5.32 Å². The molecule has 0 atom stereocenters. The van der Waals surface area contributed by atoms with Crippen molar-refractivity contribution in [1.29, 1.82) is 0 Å². The van der Waals surface area contributed by atoms with Gasteiger partial charge < -0.3 is 5.32 Å². The van der Waals surface area contributed by atoms with Crippen molar-refractivity contribution < 1.29 is 4.79 Å². The minimum absolute atomic E-state index is 0.0292. The average Bonchev–Trinajstić information content (AvgIpc) is 2.56. The molecule has 128 valence electrons. The molecule has 2 nitrogen and oxygen atoms in total. The van der Waals surface area contributed by atoms with Crippen molar-refractivity contribution in [2.45, 2.75) is 72.1 Å². The number of likely N-dealkylation sites (N-methyl/N-ethyl adjacent to an activating group) is 1. The van der Waals surface area contributed by atoms with E-state index in [1.54, 1.807) is 7.05 Å². The largest absolute Gasteiger partial charge is 0.355 e. The van der Waals surface area contributed by atoms with E-state index in [0.717, 1.165) is 36.8 Å². The molecule has 1 N–H and O–H groups in total. The molecule has 1 amide bonds. The van der Waals surface area contributed by atoms with Crippen LogP contribution in [0.2, 0.25) is 0 Å². The van der Waals surface area contributed by atoms with Gasteiger partial charge in [0.05, 0.1) is 0 Å². The van der Waals surface area contributed by atoms with Crippen LogP contribution in [0.25, 0.3) is 5.57 Å². The molecule has 0 aliphatic rings. The van der Waals surface area contributed by atoms with Crippen molar-refractivity contribution in [3.05, 3.63) is 41.0 Å². The first-order chi connectivity index (χ1) is 11.2. The fourth-order valence-corrected chi connectivity index (χ4v) is 2.93. The van der Waals surface area contributed by atoms with Crippen molar-refractivity contribution in [3.8, 4) is 0 Å². The molecule has 23 heavy (non-hydrogen) atoms. The first kappa shape index (κ1) is 19.5. The Morgan fingerprint density at radius 2 is 1.83 bits per heavy atom. The predicted octanol–water partition coefficient (Wildman–Crippen LogP) is 5.44. The lowest BCUT2D eigenvalue weighted by molar-refractivity contribution is -0.115. The summed E-state index contributed by atoms with van der Waals surface area (Å²) >= 11 is 0. The van der Waals surface area contributed by atoms with Gasteiger partial charge in [0.1, 0.15) is 0 Å². The number of amides is 1. The Bertz CT molecular complexity index is 517. The van der Waals surface area contributed by atoms with Crippen LogP contribution in [0.5, 0.6) is 0 Å². The van der Waals surface area contributed by atoms with E-state index in [4.69, 9.17) is 0 Å². The zero-order chi connectivity index (χ0) is 17.1. The average molecular weight is 316 g/mol. The van der Waals surface area contributed by atoms with Gasteiger partial charge in [0.15, 0.2) is 0 Å². The molecule has 0 bridgehead atoms. The van der Waals surface area contributed by atoms with Crippen molar-refractivity contribution in [2.75, 3.05) is 7.05 Å². The third kappa shape index (κ3) is 6.21. The number of nitrogens with one attached hydrogen (secondary N) is 1. The van der Waals surface area contributed by atoms with E-state index in [1.165, 1.54) is 36.8 Å². The number of unbranched alkanes of at least 4 members (excludes halogenated alkanes) is 5. The van der Waals surface area contributed by atoms with Gasteiger partial charge in [0.25, 0.3) is 5.91 Å². The summed E-state index contributed by atoms with van der Waals surface area (Å²) in [6.45, 7) is 6.57. The molecule has 0 aliphatic carbocycles. The van der Waals surface area contributed by atoms with Crippen LogP contribution in [-0.4, -0.2) is 13.0 Å². The highest BCUT2D eigenvalue weighted by molar-refractivity contribution is 6.19. The minimum atomic E-state index is 0.0292. The van der Waals surface area contributed by atoms with Gasteiger partial charge in [0.2, 0.25) is 0 Å². The van der Waals surface area contributed by atoms with Crippen molar-refractivity contribution in [2.24, 2.45) is 0 Å². The maximum atomic E-state index is 12.4. The maximum absolute atomic E-state index is 12.4. The molecule has 1 rings (SSSR count). The lowest BCUT2D eigenvalue weighted by Gasteiger charge is -2.15. The number of benzene rings is 1. The number of rotatable bonds is 10. The Balaban J connectivity index is 3.07. The van der Waals surface area contributed by atoms with Gasteiger partial charge in [-0.2, -0.15) is 0 Å². The Hall–Kier alpha value is -1.57. The van der Waals surface area contributed by atoms with E-state index in [-0.39, 0.29) is 5.91 Å². The molecule has 0 spiro atoms. The molecule has 0 heterocycles. The highest BCUT2D eigenvalue weighted by Crippen LogP contribution is 2.25. The van der Waals surface area contributed by atoms with E-state index in [0.29, 0.717) is 0 Å². The van der Waals surface area contributed by atoms with Crippen LogP contribution in [0, 0.1) is 6.92 Å². The van der Waals surface area contributed by atoms with Crippen LogP contribution in [0.4, 0.5) is 0 Å². The topological polar surface area (TPSA) is 29.1 Å². The summed E-state index contributed by atoms with van der Waals surface area (Å²) in [6, 6.07) is 6.33. The molecule has 0 radical (unpaired) electrons. The molecule has 0 saturated carbocycles. The van der Waals surface area contributed by atoms with Crippen LogP contribution in [0.3, 0.4) is 0 Å². The standard InChI is InChI=1S/C21H33NO/c1-5-7-9-11-14-18-17(3)13-12-16-19(18)20(21(23)22-4)15-10-8-6-2/h12-13,15-16H,5-11,14H2,1-4H3,(H,22,23)/b20-15-. The Labute approximate surface area is 142 Å². The zero-order valence-corrected chi connectivity index (χ0v) is 15.4. The fourth-order valence-electron chi connectivity index (χ4n) is 2.93. The Morgan fingerprint density at radius 1 is 1.09 bits per heavy atom. The SMILES string of the molecule is CCCC/C=C(\C(=O)NC)c1cccc(C)c1CCCCCC. The molecule has 0 saturated heterocycles. The summed E-state index contributed by atoms with van der Waals surface area (Å²) in [5.41, 5.74) is 4.60. The van der Waals surface area contributed by atoms with E-state index in [2.05, 4.69) is 50.4 Å². The number of carbonyl (C=O) groups excluding carboxylic acids is 1. The van der Waals surface area contributed by atoms with Gasteiger partial charge in [-0.25, -0.2) is 0 Å². The van der Waals surface area contributed by atoms with Gasteiger partial charge in [-0.15, -0.1) is 0 Å². The third-order valence-electron chi connectivity index (χ3n) is 4.36. The van der Waals surface area contributed by atoms with Gasteiger partial charge in [-0.3, -0.25) is 4.79 Å². The molecule has 1 aromatic carbocycles. The van der Waals surface area contributed by atoms with E-state index >= 15 is 0 Å². The Kier molecular flexibility index (Phi) is 9.35. The second-order valence-electron chi connectivity index (χ2n) is 6.25. The van der Waals surface area contributed by atoms with E-state index in [1.807, 2.05) is 0 Å². The van der Waals surface area contributed by atoms with Gasteiger partial charge >= 0.3 is 0 Å². The van der Waals surface area contributed by atoms with Crippen LogP contribution in [0.15, 0.2) is 24.3 Å². The normalized spacial score (nSPS) is 11.6. The summed E-state index contributed by atoms with van der Waals surface area (Å²) in [4.78, 5) is 12.4. The molecule has 0 aliphatic heterocycles. The monoisotopic (exact) mass is 315 g/mol. The molecular weight excluding hydrogens is 282 g/mol. The number of carbonyl (C=O) groups is 1. The number of allylic oxidation sites excluding steroid dienone is 1. The van der Waals surface area contributed by atoms with Gasteiger partial charge in [-0.05, 0) is 42.9 Å². The van der Waals surface area contributed by atoms with Crippen LogP contribution in [-0.2, 0) is 11.2 Å². The summed E-state index contributed by atoms with van der Waals surface area (Å²) in [5, 5.41) is 2.81. The minimum Gasteiger partial charge on any atom is -0.355 e. The van der Waals surface area contributed by atoms with Crippen molar-refractivity contribution in [1.82, 2.24) is 5.32 Å². The maximum Gasteiger partial charge on any atom is 0.251 e. The second-order valence-corrected chi connectivity index (χ2v) is 6.25. The zero-order valence-electron chi connectivity index (χ0n) is 15.4. The first-order valence-electron chi connectivity index (χ1n) is 9.16. The summed E-state index contributed by atoms with van der Waals surface area (Å²) < 4.78 is 0.